The second-order valence-corrected chi connectivity index (χ2v) is 6.35. The summed E-state index contributed by atoms with van der Waals surface area (Å²) in [6.07, 6.45) is 0.240. The third-order valence-corrected chi connectivity index (χ3v) is 4.80. The fraction of sp³-hybridized carbons (Fsp3) is 0.368. The van der Waals surface area contributed by atoms with Crippen molar-refractivity contribution in [1.29, 1.82) is 0 Å². The molecule has 1 N–H and O–H groups in total. The summed E-state index contributed by atoms with van der Waals surface area (Å²) in [5.41, 5.74) is 2.98. The molecule has 132 valence electrons. The average Bonchev–Trinajstić information content (AvgIpc) is 3.16. The number of aryl methyl sites for hydroxylation is 1. The zero-order valence-corrected chi connectivity index (χ0v) is 14.8. The summed E-state index contributed by atoms with van der Waals surface area (Å²) in [4.78, 5) is 26.4. The van der Waals surface area contributed by atoms with Crippen LogP contribution in [0.4, 0.5) is 5.69 Å². The van der Waals surface area contributed by atoms with E-state index in [4.69, 9.17) is 4.74 Å². The van der Waals surface area contributed by atoms with E-state index in [0.29, 0.717) is 13.1 Å². The topological polar surface area (TPSA) is 63.6 Å². The molecule has 0 spiro atoms. The molecule has 2 aromatic rings. The summed E-state index contributed by atoms with van der Waals surface area (Å²) in [5.74, 6) is 0.307. The number of amides is 2. The van der Waals surface area contributed by atoms with Gasteiger partial charge < -0.3 is 19.5 Å². The number of methoxy groups -OCH3 is 1. The van der Waals surface area contributed by atoms with Gasteiger partial charge in [-0.2, -0.15) is 0 Å². The first-order chi connectivity index (χ1) is 12.0. The lowest BCUT2D eigenvalue weighted by Crippen LogP contribution is -2.33. The number of ether oxygens (including phenoxy) is 1. The summed E-state index contributed by atoms with van der Waals surface area (Å²) in [6, 6.07) is 11.3. The Hall–Kier alpha value is -2.76. The number of hydrogen-bond acceptors (Lipinski definition) is 3. The second kappa shape index (κ2) is 7.01. The molecule has 1 atom stereocenters. The summed E-state index contributed by atoms with van der Waals surface area (Å²) in [6.45, 7) is 2.90. The predicted octanol–water partition coefficient (Wildman–Crippen LogP) is 2.01. The molecule has 2 amide bonds. The van der Waals surface area contributed by atoms with Gasteiger partial charge >= 0.3 is 0 Å². The third kappa shape index (κ3) is 3.52. The Morgan fingerprint density at radius 1 is 1.24 bits per heavy atom. The summed E-state index contributed by atoms with van der Waals surface area (Å²) < 4.78 is 7.18. The number of nitrogens with zero attached hydrogens (tertiary/aromatic N) is 2. The van der Waals surface area contributed by atoms with Crippen LogP contribution in [0.15, 0.2) is 36.4 Å². The molecule has 0 radical (unpaired) electrons. The Kier molecular flexibility index (Phi) is 4.79. The van der Waals surface area contributed by atoms with Crippen molar-refractivity contribution < 1.29 is 14.3 Å². The van der Waals surface area contributed by atoms with Crippen molar-refractivity contribution in [2.75, 3.05) is 18.6 Å². The second-order valence-electron chi connectivity index (χ2n) is 6.35. The van der Waals surface area contributed by atoms with Crippen molar-refractivity contribution in [2.45, 2.75) is 19.9 Å². The lowest BCUT2D eigenvalue weighted by molar-refractivity contribution is -0.126. The molecule has 6 heteroatoms. The number of anilines is 1. The Balaban J connectivity index is 1.61. The van der Waals surface area contributed by atoms with Crippen LogP contribution in [0.5, 0.6) is 5.75 Å². The van der Waals surface area contributed by atoms with Gasteiger partial charge in [-0.25, -0.2) is 0 Å². The fourth-order valence-corrected chi connectivity index (χ4v) is 3.06. The molecule has 0 aliphatic carbocycles. The van der Waals surface area contributed by atoms with Crippen molar-refractivity contribution in [3.63, 3.8) is 0 Å². The molecule has 3 rings (SSSR count). The van der Waals surface area contributed by atoms with Gasteiger partial charge in [0, 0.05) is 37.1 Å². The highest BCUT2D eigenvalue weighted by atomic mass is 16.5. The molecule has 1 aromatic carbocycles. The third-order valence-electron chi connectivity index (χ3n) is 4.80. The predicted molar refractivity (Wildman–Crippen MR) is 95.5 cm³/mol. The minimum Gasteiger partial charge on any atom is -0.497 e. The maximum Gasteiger partial charge on any atom is 0.227 e. The highest BCUT2D eigenvalue weighted by molar-refractivity contribution is 6.00. The SMILES string of the molecule is COc1ccc(N2C[C@H](C(=O)NCc3ccc(C)n3C)CC2=O)cc1. The molecule has 2 heterocycles. The zero-order chi connectivity index (χ0) is 18.0. The van der Waals surface area contributed by atoms with Crippen LogP contribution >= 0.6 is 0 Å². The lowest BCUT2D eigenvalue weighted by Gasteiger charge is -2.17. The smallest absolute Gasteiger partial charge is 0.227 e. The van der Waals surface area contributed by atoms with Crippen molar-refractivity contribution in [3.05, 3.63) is 47.8 Å². The molecule has 0 saturated carbocycles. The van der Waals surface area contributed by atoms with Gasteiger partial charge in [0.05, 0.1) is 19.6 Å². The Labute approximate surface area is 147 Å². The van der Waals surface area contributed by atoms with Gasteiger partial charge in [0.15, 0.2) is 0 Å². The quantitative estimate of drug-likeness (QED) is 0.905. The molecule has 1 aromatic heterocycles. The van der Waals surface area contributed by atoms with E-state index in [2.05, 4.69) is 5.32 Å². The summed E-state index contributed by atoms with van der Waals surface area (Å²) in [7, 11) is 3.58. The van der Waals surface area contributed by atoms with Crippen LogP contribution in [0.25, 0.3) is 0 Å². The van der Waals surface area contributed by atoms with E-state index < -0.39 is 0 Å². The van der Waals surface area contributed by atoms with Crippen LogP contribution in [-0.2, 0) is 23.2 Å². The Bertz CT molecular complexity index is 780. The van der Waals surface area contributed by atoms with Crippen molar-refractivity contribution >= 4 is 17.5 Å². The maximum absolute atomic E-state index is 12.4. The fourth-order valence-electron chi connectivity index (χ4n) is 3.06. The molecule has 25 heavy (non-hydrogen) atoms. The van der Waals surface area contributed by atoms with Crippen molar-refractivity contribution in [1.82, 2.24) is 9.88 Å². The molecule has 1 aliphatic heterocycles. The van der Waals surface area contributed by atoms with E-state index in [0.717, 1.165) is 22.8 Å². The van der Waals surface area contributed by atoms with Crippen LogP contribution in [0.2, 0.25) is 0 Å². The normalized spacial score (nSPS) is 17.0. The standard InChI is InChI=1S/C19H23N3O3/c1-13-4-5-16(21(13)2)11-20-19(24)14-10-18(23)22(12-14)15-6-8-17(25-3)9-7-15/h4-9,14H,10-12H2,1-3H3,(H,20,24)/t14-/m1/s1. The van der Waals surface area contributed by atoms with E-state index in [1.165, 1.54) is 0 Å². The lowest BCUT2D eigenvalue weighted by atomic mass is 10.1. The highest BCUT2D eigenvalue weighted by Crippen LogP contribution is 2.27. The molecule has 6 nitrogen and oxygen atoms in total. The zero-order valence-electron chi connectivity index (χ0n) is 14.8. The number of benzene rings is 1. The first-order valence-electron chi connectivity index (χ1n) is 8.33. The Morgan fingerprint density at radius 2 is 1.96 bits per heavy atom. The maximum atomic E-state index is 12.4. The van der Waals surface area contributed by atoms with Gasteiger partial charge in [-0.05, 0) is 43.3 Å². The molecule has 0 bridgehead atoms. The van der Waals surface area contributed by atoms with Gasteiger partial charge in [-0.15, -0.1) is 0 Å². The van der Waals surface area contributed by atoms with Crippen LogP contribution in [-0.4, -0.2) is 30.0 Å². The van der Waals surface area contributed by atoms with Crippen molar-refractivity contribution in [2.24, 2.45) is 13.0 Å². The summed E-state index contributed by atoms with van der Waals surface area (Å²) >= 11 is 0. The summed E-state index contributed by atoms with van der Waals surface area (Å²) in [5, 5.41) is 2.95. The van der Waals surface area contributed by atoms with Crippen LogP contribution in [0, 0.1) is 12.8 Å². The Morgan fingerprint density at radius 3 is 2.56 bits per heavy atom. The average molecular weight is 341 g/mol. The van der Waals surface area contributed by atoms with Gasteiger partial charge in [-0.3, -0.25) is 9.59 Å². The number of nitrogens with one attached hydrogen (secondary N) is 1. The van der Waals surface area contributed by atoms with Crippen LogP contribution < -0.4 is 15.0 Å². The minimum atomic E-state index is -0.323. The number of aromatic nitrogens is 1. The number of hydrogen-bond donors (Lipinski definition) is 1. The van der Waals surface area contributed by atoms with E-state index in [1.54, 1.807) is 12.0 Å². The van der Waals surface area contributed by atoms with Crippen molar-refractivity contribution in [3.8, 4) is 5.75 Å². The van der Waals surface area contributed by atoms with E-state index >= 15 is 0 Å². The number of rotatable bonds is 5. The number of carbonyl (C=O) groups is 2. The first kappa shape index (κ1) is 17.1. The largest absolute Gasteiger partial charge is 0.497 e. The number of carbonyl (C=O) groups excluding carboxylic acids is 2. The first-order valence-corrected chi connectivity index (χ1v) is 8.33. The molecule has 1 saturated heterocycles. The van der Waals surface area contributed by atoms with Gasteiger partial charge in [0.1, 0.15) is 5.75 Å². The molecule has 0 unspecified atom stereocenters. The van der Waals surface area contributed by atoms with E-state index in [9.17, 15) is 9.59 Å². The molecular weight excluding hydrogens is 318 g/mol. The molecule has 1 fully saturated rings. The highest BCUT2D eigenvalue weighted by Gasteiger charge is 2.35. The van der Waals surface area contributed by atoms with Gasteiger partial charge in [0.2, 0.25) is 11.8 Å². The molecule has 1 aliphatic rings. The van der Waals surface area contributed by atoms with E-state index in [1.807, 2.05) is 54.9 Å². The van der Waals surface area contributed by atoms with Crippen LogP contribution in [0.3, 0.4) is 0 Å². The van der Waals surface area contributed by atoms with Gasteiger partial charge in [0.25, 0.3) is 0 Å². The monoisotopic (exact) mass is 341 g/mol. The van der Waals surface area contributed by atoms with E-state index in [-0.39, 0.29) is 24.2 Å². The van der Waals surface area contributed by atoms with Gasteiger partial charge in [-0.1, -0.05) is 0 Å². The van der Waals surface area contributed by atoms with Crippen LogP contribution in [0.1, 0.15) is 17.8 Å². The molecular formula is C19H23N3O3. The minimum absolute atomic E-state index is 0.0278.